The summed E-state index contributed by atoms with van der Waals surface area (Å²) < 4.78 is 13.8. The standard InChI is InChI=1S/C24H19FN4OS/c25-19-7-6-15(10-17(19)13-26)20-8-9-21(31-20)24-12-16(14-4-2-1-3-5-14)11-18(24)22(30)28-23(27)29-24/h1-10,16,18H,11-12H2,(H3,27,28,29,30). The third-order valence-corrected chi connectivity index (χ3v) is 7.52. The number of guanidine groups is 1. The van der Waals surface area contributed by atoms with Crippen molar-refractivity contribution < 1.29 is 9.18 Å². The minimum atomic E-state index is -0.728. The van der Waals surface area contributed by atoms with Gasteiger partial charge in [-0.25, -0.2) is 9.38 Å². The Morgan fingerprint density at radius 2 is 2.00 bits per heavy atom. The molecule has 3 atom stereocenters. The van der Waals surface area contributed by atoms with Crippen LogP contribution in [0.4, 0.5) is 4.39 Å². The number of nitriles is 1. The summed E-state index contributed by atoms with van der Waals surface area (Å²) >= 11 is 1.51. The van der Waals surface area contributed by atoms with Gasteiger partial charge in [-0.05, 0) is 54.2 Å². The third kappa shape index (κ3) is 3.20. The van der Waals surface area contributed by atoms with E-state index in [0.717, 1.165) is 15.3 Å². The number of nitrogens with two attached hydrogens (primary N) is 1. The number of carbonyl (C=O) groups is 1. The van der Waals surface area contributed by atoms with Crippen LogP contribution in [0.25, 0.3) is 10.4 Å². The topological polar surface area (TPSA) is 91.3 Å². The second-order valence-corrected chi connectivity index (χ2v) is 9.06. The van der Waals surface area contributed by atoms with Gasteiger partial charge in [0.25, 0.3) is 0 Å². The molecule has 1 aliphatic heterocycles. The average Bonchev–Trinajstić information content (AvgIpc) is 3.41. The maximum absolute atomic E-state index is 13.8. The van der Waals surface area contributed by atoms with Gasteiger partial charge < -0.3 is 5.73 Å². The fourth-order valence-electron chi connectivity index (χ4n) is 4.78. The number of amides is 1. The first-order chi connectivity index (χ1) is 15.0. The SMILES string of the molecule is N#Cc1cc(-c2ccc(C34CC(c5ccccc5)CC3C(=O)NC(N)=N4)s2)ccc1F. The molecule has 2 heterocycles. The Balaban J connectivity index is 1.58. The first-order valence-corrected chi connectivity index (χ1v) is 10.8. The van der Waals surface area contributed by atoms with E-state index in [1.807, 2.05) is 36.4 Å². The predicted octanol–water partition coefficient (Wildman–Crippen LogP) is 4.26. The molecule has 2 aromatic carbocycles. The number of fused-ring (bicyclic) bond motifs is 1. The van der Waals surface area contributed by atoms with Gasteiger partial charge in [-0.1, -0.05) is 36.4 Å². The van der Waals surface area contributed by atoms with Crippen LogP contribution in [-0.4, -0.2) is 11.9 Å². The molecule has 5 rings (SSSR count). The lowest BCUT2D eigenvalue weighted by Crippen LogP contribution is -2.51. The zero-order valence-electron chi connectivity index (χ0n) is 16.5. The van der Waals surface area contributed by atoms with Crippen molar-refractivity contribution in [3.63, 3.8) is 0 Å². The Morgan fingerprint density at radius 1 is 1.19 bits per heavy atom. The molecule has 7 heteroatoms. The second kappa shape index (κ2) is 7.33. The fraction of sp³-hybridized carbons (Fsp3) is 0.208. The van der Waals surface area contributed by atoms with Crippen LogP contribution in [0.2, 0.25) is 0 Å². The van der Waals surface area contributed by atoms with Gasteiger partial charge in [-0.2, -0.15) is 5.26 Å². The zero-order valence-corrected chi connectivity index (χ0v) is 17.3. The number of carbonyl (C=O) groups excluding carboxylic acids is 1. The molecule has 3 aromatic rings. The summed E-state index contributed by atoms with van der Waals surface area (Å²) in [6, 6.07) is 20.5. The van der Waals surface area contributed by atoms with Gasteiger partial charge in [0.05, 0.1) is 11.5 Å². The van der Waals surface area contributed by atoms with E-state index in [-0.39, 0.29) is 29.3 Å². The van der Waals surface area contributed by atoms with Gasteiger partial charge in [0, 0.05) is 9.75 Å². The maximum atomic E-state index is 13.8. The summed E-state index contributed by atoms with van der Waals surface area (Å²) in [6.07, 6.45) is 1.37. The Bertz CT molecular complexity index is 1250. The van der Waals surface area contributed by atoms with E-state index in [2.05, 4.69) is 17.4 Å². The largest absolute Gasteiger partial charge is 0.370 e. The zero-order chi connectivity index (χ0) is 21.6. The molecule has 0 bridgehead atoms. The van der Waals surface area contributed by atoms with Gasteiger partial charge in [0.15, 0.2) is 5.96 Å². The first kappa shape index (κ1) is 19.5. The number of nitrogens with one attached hydrogen (secondary N) is 1. The van der Waals surface area contributed by atoms with Crippen molar-refractivity contribution in [1.29, 1.82) is 5.26 Å². The summed E-state index contributed by atoms with van der Waals surface area (Å²) in [5.74, 6) is -0.634. The van der Waals surface area contributed by atoms with Crippen LogP contribution in [0.5, 0.6) is 0 Å². The number of nitrogens with zero attached hydrogens (tertiary/aromatic N) is 2. The summed E-state index contributed by atoms with van der Waals surface area (Å²) in [5.41, 5.74) is 7.23. The van der Waals surface area contributed by atoms with E-state index in [1.54, 1.807) is 12.1 Å². The average molecular weight is 431 g/mol. The molecule has 31 heavy (non-hydrogen) atoms. The molecular formula is C24H19FN4OS. The van der Waals surface area contributed by atoms with E-state index in [4.69, 9.17) is 16.0 Å². The van der Waals surface area contributed by atoms with Crippen LogP contribution < -0.4 is 11.1 Å². The van der Waals surface area contributed by atoms with Crippen molar-refractivity contribution in [2.24, 2.45) is 16.6 Å². The number of benzene rings is 2. The van der Waals surface area contributed by atoms with E-state index in [0.29, 0.717) is 12.8 Å². The molecule has 1 saturated carbocycles. The predicted molar refractivity (Wildman–Crippen MR) is 118 cm³/mol. The summed E-state index contributed by atoms with van der Waals surface area (Å²) in [4.78, 5) is 19.5. The van der Waals surface area contributed by atoms with Crippen molar-refractivity contribution in [1.82, 2.24) is 5.32 Å². The molecule has 0 radical (unpaired) electrons. The van der Waals surface area contributed by atoms with Crippen LogP contribution in [0.3, 0.4) is 0 Å². The van der Waals surface area contributed by atoms with E-state index >= 15 is 0 Å². The van der Waals surface area contributed by atoms with Gasteiger partial charge in [-0.15, -0.1) is 11.3 Å². The molecule has 0 spiro atoms. The molecule has 1 aromatic heterocycles. The highest BCUT2D eigenvalue weighted by atomic mass is 32.1. The minimum absolute atomic E-state index is 0.00723. The molecule has 1 aliphatic carbocycles. The fourth-order valence-corrected chi connectivity index (χ4v) is 5.98. The molecule has 154 valence electrons. The van der Waals surface area contributed by atoms with Crippen molar-refractivity contribution in [3.8, 4) is 16.5 Å². The molecule has 1 amide bonds. The van der Waals surface area contributed by atoms with Crippen LogP contribution in [0, 0.1) is 23.1 Å². The van der Waals surface area contributed by atoms with Crippen LogP contribution in [-0.2, 0) is 10.3 Å². The molecular weight excluding hydrogens is 411 g/mol. The first-order valence-electron chi connectivity index (χ1n) is 10.0. The summed E-state index contributed by atoms with van der Waals surface area (Å²) in [7, 11) is 0. The maximum Gasteiger partial charge on any atom is 0.232 e. The Kier molecular flexibility index (Phi) is 4.60. The number of rotatable bonds is 3. The molecule has 0 saturated heterocycles. The normalized spacial score (nSPS) is 24.8. The number of aliphatic imine (C=N–C) groups is 1. The Labute approximate surface area is 183 Å². The molecule has 1 fully saturated rings. The number of halogens is 1. The van der Waals surface area contributed by atoms with Crippen molar-refractivity contribution in [2.75, 3.05) is 0 Å². The van der Waals surface area contributed by atoms with Crippen molar-refractivity contribution in [2.45, 2.75) is 24.3 Å². The third-order valence-electron chi connectivity index (χ3n) is 6.22. The van der Waals surface area contributed by atoms with E-state index < -0.39 is 11.4 Å². The Morgan fingerprint density at radius 3 is 2.77 bits per heavy atom. The van der Waals surface area contributed by atoms with Gasteiger partial charge in [0.2, 0.25) is 5.91 Å². The second-order valence-electron chi connectivity index (χ2n) is 7.98. The highest BCUT2D eigenvalue weighted by Gasteiger charge is 2.55. The summed E-state index contributed by atoms with van der Waals surface area (Å²) in [6.45, 7) is 0. The molecule has 2 aliphatic rings. The molecule has 5 nitrogen and oxygen atoms in total. The highest BCUT2D eigenvalue weighted by Crippen LogP contribution is 2.56. The molecule has 3 unspecified atom stereocenters. The molecule has 3 N–H and O–H groups in total. The Hall–Kier alpha value is -3.50. The lowest BCUT2D eigenvalue weighted by atomic mass is 9.84. The van der Waals surface area contributed by atoms with Crippen molar-refractivity contribution in [3.05, 3.63) is 82.5 Å². The van der Waals surface area contributed by atoms with Crippen LogP contribution >= 0.6 is 11.3 Å². The van der Waals surface area contributed by atoms with Crippen molar-refractivity contribution >= 4 is 23.2 Å². The summed E-state index contributed by atoms with van der Waals surface area (Å²) in [5, 5.41) is 11.8. The number of thiophene rings is 1. The van der Waals surface area contributed by atoms with Gasteiger partial charge >= 0.3 is 0 Å². The van der Waals surface area contributed by atoms with Gasteiger partial charge in [0.1, 0.15) is 17.4 Å². The highest BCUT2D eigenvalue weighted by molar-refractivity contribution is 7.15. The van der Waals surface area contributed by atoms with E-state index in [9.17, 15) is 9.18 Å². The van der Waals surface area contributed by atoms with Gasteiger partial charge in [-0.3, -0.25) is 10.1 Å². The van der Waals surface area contributed by atoms with E-state index in [1.165, 1.54) is 23.0 Å². The van der Waals surface area contributed by atoms with Crippen LogP contribution in [0.15, 0.2) is 65.7 Å². The minimum Gasteiger partial charge on any atom is -0.370 e. The number of hydrogen-bond donors (Lipinski definition) is 2. The number of hydrogen-bond acceptors (Lipinski definition) is 5. The lowest BCUT2D eigenvalue weighted by molar-refractivity contribution is -0.125. The quantitative estimate of drug-likeness (QED) is 0.650. The lowest BCUT2D eigenvalue weighted by Gasteiger charge is -2.34. The smallest absolute Gasteiger partial charge is 0.232 e. The monoisotopic (exact) mass is 430 g/mol. The van der Waals surface area contributed by atoms with Crippen LogP contribution in [0.1, 0.15) is 34.8 Å².